The minimum Gasteiger partial charge on any atom is -0.430 e. The van der Waals surface area contributed by atoms with Crippen molar-refractivity contribution in [3.63, 3.8) is 0 Å². The molecule has 3 rings (SSSR count). The molecule has 0 aliphatic heterocycles. The Morgan fingerprint density at radius 3 is 3.12 bits per heavy atom. The monoisotopic (exact) mass is 238 g/mol. The molecular weight excluding hydrogens is 228 g/mol. The predicted molar refractivity (Wildman–Crippen MR) is 58.5 cm³/mol. The molecule has 16 heavy (non-hydrogen) atoms. The standard InChI is InChI=1S/C10H11ClN4O/c11-7-3-13-15(5-7)10-14-9(6-16-10)4-12-8-1-2-8/h3,5-6,8,12H,1-2,4H2. The molecule has 0 atom stereocenters. The van der Waals surface area contributed by atoms with Gasteiger partial charge >= 0.3 is 6.01 Å². The molecule has 1 aliphatic rings. The van der Waals surface area contributed by atoms with Gasteiger partial charge < -0.3 is 9.73 Å². The Labute approximate surface area is 97.4 Å². The van der Waals surface area contributed by atoms with Gasteiger partial charge in [-0.25, -0.2) is 0 Å². The van der Waals surface area contributed by atoms with Gasteiger partial charge in [-0.2, -0.15) is 14.8 Å². The highest BCUT2D eigenvalue weighted by Gasteiger charge is 2.20. The van der Waals surface area contributed by atoms with E-state index in [-0.39, 0.29) is 0 Å². The van der Waals surface area contributed by atoms with Crippen molar-refractivity contribution in [1.29, 1.82) is 0 Å². The van der Waals surface area contributed by atoms with Crippen LogP contribution in [0, 0.1) is 0 Å². The highest BCUT2D eigenvalue weighted by molar-refractivity contribution is 6.30. The molecule has 84 valence electrons. The van der Waals surface area contributed by atoms with Gasteiger partial charge in [0.25, 0.3) is 0 Å². The van der Waals surface area contributed by atoms with E-state index in [0.717, 1.165) is 12.2 Å². The van der Waals surface area contributed by atoms with E-state index in [1.807, 2.05) is 0 Å². The maximum atomic E-state index is 5.76. The zero-order valence-corrected chi connectivity index (χ0v) is 9.31. The van der Waals surface area contributed by atoms with E-state index >= 15 is 0 Å². The van der Waals surface area contributed by atoms with Gasteiger partial charge in [-0.15, -0.1) is 0 Å². The fourth-order valence-electron chi connectivity index (χ4n) is 1.42. The Morgan fingerprint density at radius 1 is 1.56 bits per heavy atom. The third-order valence-electron chi connectivity index (χ3n) is 2.44. The van der Waals surface area contributed by atoms with Crippen LogP contribution >= 0.6 is 11.6 Å². The summed E-state index contributed by atoms with van der Waals surface area (Å²) in [7, 11) is 0. The number of rotatable bonds is 4. The molecule has 0 unspecified atom stereocenters. The molecule has 6 heteroatoms. The van der Waals surface area contributed by atoms with Gasteiger partial charge in [-0.3, -0.25) is 0 Å². The fraction of sp³-hybridized carbons (Fsp3) is 0.400. The second kappa shape index (κ2) is 3.92. The highest BCUT2D eigenvalue weighted by atomic mass is 35.5. The summed E-state index contributed by atoms with van der Waals surface area (Å²) in [5.41, 5.74) is 0.883. The SMILES string of the molecule is Clc1cnn(-c2nc(CNC3CC3)co2)c1. The van der Waals surface area contributed by atoms with E-state index in [9.17, 15) is 0 Å². The summed E-state index contributed by atoms with van der Waals surface area (Å²) in [4.78, 5) is 4.31. The second-order valence-corrected chi connectivity index (χ2v) is 4.32. The number of aromatic nitrogens is 3. The first-order valence-electron chi connectivity index (χ1n) is 5.19. The molecule has 1 aliphatic carbocycles. The minimum absolute atomic E-state index is 0.444. The molecule has 2 aromatic heterocycles. The number of oxazole rings is 1. The molecule has 2 aromatic rings. The van der Waals surface area contributed by atoms with Gasteiger partial charge in [-0.05, 0) is 12.8 Å². The fourth-order valence-corrected chi connectivity index (χ4v) is 1.56. The third kappa shape index (κ3) is 2.10. The number of nitrogens with zero attached hydrogens (tertiary/aromatic N) is 3. The number of hydrogen-bond acceptors (Lipinski definition) is 4. The first-order valence-corrected chi connectivity index (χ1v) is 5.57. The van der Waals surface area contributed by atoms with Crippen molar-refractivity contribution in [2.24, 2.45) is 0 Å². The lowest BCUT2D eigenvalue weighted by molar-refractivity contribution is 0.509. The largest absolute Gasteiger partial charge is 0.430 e. The van der Waals surface area contributed by atoms with Crippen LogP contribution in [-0.4, -0.2) is 20.8 Å². The zero-order valence-electron chi connectivity index (χ0n) is 8.56. The zero-order chi connectivity index (χ0) is 11.0. The van der Waals surface area contributed by atoms with Crippen LogP contribution < -0.4 is 5.32 Å². The molecule has 0 saturated heterocycles. The maximum Gasteiger partial charge on any atom is 0.322 e. The number of hydrogen-bond donors (Lipinski definition) is 1. The molecule has 0 spiro atoms. The van der Waals surface area contributed by atoms with Gasteiger partial charge in [0.05, 0.1) is 23.1 Å². The van der Waals surface area contributed by atoms with Crippen molar-refractivity contribution >= 4 is 11.6 Å². The van der Waals surface area contributed by atoms with E-state index < -0.39 is 0 Å². The summed E-state index contributed by atoms with van der Waals surface area (Å²) in [6.07, 6.45) is 7.37. The summed E-state index contributed by atoms with van der Waals surface area (Å²) in [6, 6.07) is 1.11. The molecule has 0 aromatic carbocycles. The van der Waals surface area contributed by atoms with E-state index in [4.69, 9.17) is 16.0 Å². The summed E-state index contributed by atoms with van der Waals surface area (Å²) in [6.45, 7) is 0.739. The van der Waals surface area contributed by atoms with Gasteiger partial charge in [0.15, 0.2) is 0 Å². The Kier molecular flexibility index (Phi) is 2.41. The van der Waals surface area contributed by atoms with Crippen LogP contribution in [0.1, 0.15) is 18.5 Å². The summed E-state index contributed by atoms with van der Waals surface area (Å²) < 4.78 is 6.82. The molecule has 5 nitrogen and oxygen atoms in total. The molecule has 1 fully saturated rings. The first-order chi connectivity index (χ1) is 7.81. The smallest absolute Gasteiger partial charge is 0.322 e. The van der Waals surface area contributed by atoms with Gasteiger partial charge in [0.2, 0.25) is 0 Å². The maximum absolute atomic E-state index is 5.76. The third-order valence-corrected chi connectivity index (χ3v) is 2.63. The van der Waals surface area contributed by atoms with Gasteiger partial charge in [0.1, 0.15) is 6.26 Å². The van der Waals surface area contributed by atoms with Crippen molar-refractivity contribution in [2.75, 3.05) is 0 Å². The Hall–Kier alpha value is -1.33. The molecule has 2 heterocycles. The van der Waals surface area contributed by atoms with Crippen LogP contribution in [0.2, 0.25) is 5.02 Å². The highest BCUT2D eigenvalue weighted by Crippen LogP contribution is 2.19. The van der Waals surface area contributed by atoms with E-state index in [1.54, 1.807) is 18.7 Å². The van der Waals surface area contributed by atoms with Crippen LogP contribution in [0.5, 0.6) is 0 Å². The Balaban J connectivity index is 1.71. The van der Waals surface area contributed by atoms with Crippen LogP contribution in [0.4, 0.5) is 0 Å². The molecule has 0 bridgehead atoms. The average Bonchev–Trinajstić information content (AvgIpc) is 2.81. The topological polar surface area (TPSA) is 55.9 Å². The number of nitrogens with one attached hydrogen (secondary N) is 1. The van der Waals surface area contributed by atoms with Crippen molar-refractivity contribution in [1.82, 2.24) is 20.1 Å². The summed E-state index contributed by atoms with van der Waals surface area (Å²) >= 11 is 5.76. The molecule has 1 saturated carbocycles. The molecular formula is C10H11ClN4O. The predicted octanol–water partition coefficient (Wildman–Crippen LogP) is 1.77. The van der Waals surface area contributed by atoms with E-state index in [1.165, 1.54) is 17.5 Å². The Bertz CT molecular complexity index is 488. The molecule has 1 N–H and O–H groups in total. The molecule has 0 radical (unpaired) electrons. The summed E-state index contributed by atoms with van der Waals surface area (Å²) in [5.74, 6) is 0. The van der Waals surface area contributed by atoms with Crippen molar-refractivity contribution < 1.29 is 4.42 Å². The van der Waals surface area contributed by atoms with Crippen LogP contribution in [0.3, 0.4) is 0 Å². The van der Waals surface area contributed by atoms with Gasteiger partial charge in [-0.1, -0.05) is 11.6 Å². The summed E-state index contributed by atoms with van der Waals surface area (Å²) in [5, 5.41) is 7.95. The normalized spacial score (nSPS) is 15.6. The lowest BCUT2D eigenvalue weighted by atomic mass is 10.5. The lowest BCUT2D eigenvalue weighted by Gasteiger charge is -1.96. The quantitative estimate of drug-likeness (QED) is 0.882. The van der Waals surface area contributed by atoms with Crippen LogP contribution in [0.25, 0.3) is 6.01 Å². The average molecular weight is 239 g/mol. The number of halogens is 1. The van der Waals surface area contributed by atoms with Crippen molar-refractivity contribution in [3.8, 4) is 6.01 Å². The first kappa shape index (κ1) is 9.86. The second-order valence-electron chi connectivity index (χ2n) is 3.88. The van der Waals surface area contributed by atoms with Crippen molar-refractivity contribution in [3.05, 3.63) is 29.4 Å². The van der Waals surface area contributed by atoms with E-state index in [0.29, 0.717) is 17.1 Å². The van der Waals surface area contributed by atoms with Crippen LogP contribution in [0.15, 0.2) is 23.1 Å². The Morgan fingerprint density at radius 2 is 2.44 bits per heavy atom. The van der Waals surface area contributed by atoms with E-state index in [2.05, 4.69) is 15.4 Å². The van der Waals surface area contributed by atoms with Crippen LogP contribution in [-0.2, 0) is 6.54 Å². The van der Waals surface area contributed by atoms with Gasteiger partial charge in [0, 0.05) is 12.6 Å². The minimum atomic E-state index is 0.444. The van der Waals surface area contributed by atoms with Crippen molar-refractivity contribution in [2.45, 2.75) is 25.4 Å². The lowest BCUT2D eigenvalue weighted by Crippen LogP contribution is -2.15. The molecule has 0 amide bonds.